The molecule has 4 aromatic rings. The van der Waals surface area contributed by atoms with Crippen LogP contribution in [0.3, 0.4) is 0 Å². The van der Waals surface area contributed by atoms with E-state index in [9.17, 15) is 9.59 Å². The molecule has 5 nitrogen and oxygen atoms in total. The predicted octanol–water partition coefficient (Wildman–Crippen LogP) is 9.04. The summed E-state index contributed by atoms with van der Waals surface area (Å²) in [4.78, 5) is 30.5. The zero-order valence-corrected chi connectivity index (χ0v) is 25.7. The van der Waals surface area contributed by atoms with Crippen LogP contribution in [-0.2, 0) is 0 Å². The van der Waals surface area contributed by atoms with Gasteiger partial charge in [0.05, 0.1) is 12.2 Å². The molecule has 0 amide bonds. The number of piperidine rings is 1. The Morgan fingerprint density at radius 1 is 0.767 bits per heavy atom. The van der Waals surface area contributed by atoms with Gasteiger partial charge in [-0.3, -0.25) is 4.79 Å². The number of carbonyl (C=O) groups excluding carboxylic acids is 2. The van der Waals surface area contributed by atoms with Gasteiger partial charge in [-0.25, -0.2) is 4.79 Å². The summed E-state index contributed by atoms with van der Waals surface area (Å²) in [7, 11) is 0. The maximum atomic E-state index is 14.1. The Hall–Kier alpha value is -3.48. The molecule has 0 N–H and O–H groups in total. The van der Waals surface area contributed by atoms with Crippen molar-refractivity contribution in [1.82, 2.24) is 4.90 Å². The number of ether oxygens (including phenoxy) is 2. The molecule has 6 heteroatoms. The van der Waals surface area contributed by atoms with Gasteiger partial charge < -0.3 is 14.4 Å². The SMILES string of the molecule is O=C(Oc1ccc2c(C(=O)c3ccc(OCCCN4CCCCC4)cc3)c(C3CCCCCC3)sc2c1)c1ccccc1. The van der Waals surface area contributed by atoms with Crippen LogP contribution in [0.5, 0.6) is 11.5 Å². The molecule has 1 saturated heterocycles. The summed E-state index contributed by atoms with van der Waals surface area (Å²) in [5.74, 6) is 1.34. The lowest BCUT2D eigenvalue weighted by Crippen LogP contribution is -2.31. The van der Waals surface area contributed by atoms with Gasteiger partial charge >= 0.3 is 5.97 Å². The minimum Gasteiger partial charge on any atom is -0.494 e. The molecule has 2 fully saturated rings. The first kappa shape index (κ1) is 29.6. The number of fused-ring (bicyclic) bond motifs is 1. The van der Waals surface area contributed by atoms with E-state index in [1.165, 1.54) is 62.9 Å². The number of hydrogen-bond acceptors (Lipinski definition) is 6. The Kier molecular flexibility index (Phi) is 9.86. The van der Waals surface area contributed by atoms with E-state index < -0.39 is 0 Å². The topological polar surface area (TPSA) is 55.8 Å². The molecule has 43 heavy (non-hydrogen) atoms. The maximum Gasteiger partial charge on any atom is 0.343 e. The van der Waals surface area contributed by atoms with Gasteiger partial charge in [0.1, 0.15) is 11.5 Å². The first-order valence-corrected chi connectivity index (χ1v) is 16.8. The fraction of sp³-hybridized carbons (Fsp3) is 0.405. The summed E-state index contributed by atoms with van der Waals surface area (Å²) in [6.45, 7) is 4.18. The zero-order valence-electron chi connectivity index (χ0n) is 24.9. The van der Waals surface area contributed by atoms with Crippen LogP contribution in [0.1, 0.15) is 101 Å². The summed E-state index contributed by atoms with van der Waals surface area (Å²) >= 11 is 1.69. The Balaban J connectivity index is 1.20. The van der Waals surface area contributed by atoms with Crippen LogP contribution < -0.4 is 9.47 Å². The molecule has 0 atom stereocenters. The monoisotopic (exact) mass is 595 g/mol. The third-order valence-electron chi connectivity index (χ3n) is 8.81. The van der Waals surface area contributed by atoms with Crippen LogP contribution in [0.2, 0.25) is 0 Å². The lowest BCUT2D eigenvalue weighted by Gasteiger charge is -2.26. The van der Waals surface area contributed by atoms with Crippen molar-refractivity contribution in [3.63, 3.8) is 0 Å². The van der Waals surface area contributed by atoms with Gasteiger partial charge in [0.15, 0.2) is 5.78 Å². The van der Waals surface area contributed by atoms with Gasteiger partial charge in [0.25, 0.3) is 0 Å². The summed E-state index contributed by atoms with van der Waals surface area (Å²) in [5, 5.41) is 0.937. The second-order valence-electron chi connectivity index (χ2n) is 11.9. The molecule has 1 aliphatic heterocycles. The van der Waals surface area contributed by atoms with Crippen molar-refractivity contribution in [3.05, 3.63) is 94.4 Å². The van der Waals surface area contributed by atoms with Gasteiger partial charge in [-0.05, 0) is 106 Å². The number of ketones is 1. The highest BCUT2D eigenvalue weighted by atomic mass is 32.1. The van der Waals surface area contributed by atoms with Crippen molar-refractivity contribution in [2.24, 2.45) is 0 Å². The number of benzene rings is 3. The largest absolute Gasteiger partial charge is 0.494 e. The third kappa shape index (κ3) is 7.36. The number of esters is 1. The van der Waals surface area contributed by atoms with Crippen LogP contribution in [0.4, 0.5) is 0 Å². The van der Waals surface area contributed by atoms with Crippen molar-refractivity contribution in [1.29, 1.82) is 0 Å². The first-order valence-electron chi connectivity index (χ1n) is 16.0. The summed E-state index contributed by atoms with van der Waals surface area (Å²) in [5.41, 5.74) is 2.00. The Bertz CT molecular complexity index is 1510. The fourth-order valence-electron chi connectivity index (χ4n) is 6.47. The highest BCUT2D eigenvalue weighted by molar-refractivity contribution is 7.19. The Morgan fingerprint density at radius 3 is 2.21 bits per heavy atom. The molecule has 1 aromatic heterocycles. The lowest BCUT2D eigenvalue weighted by molar-refractivity contribution is 0.0734. The summed E-state index contributed by atoms with van der Waals surface area (Å²) < 4.78 is 12.7. The number of likely N-dealkylation sites (tertiary alicyclic amines) is 1. The summed E-state index contributed by atoms with van der Waals surface area (Å²) in [6.07, 6.45) is 12.1. The van der Waals surface area contributed by atoms with E-state index >= 15 is 0 Å². The molecule has 1 saturated carbocycles. The molecule has 2 heterocycles. The van der Waals surface area contributed by atoms with E-state index in [1.807, 2.05) is 60.7 Å². The quantitative estimate of drug-likeness (QED) is 0.0602. The van der Waals surface area contributed by atoms with Gasteiger partial charge in [0, 0.05) is 32.6 Å². The molecule has 0 radical (unpaired) electrons. The minimum absolute atomic E-state index is 0.0520. The van der Waals surface area contributed by atoms with Gasteiger partial charge in [0.2, 0.25) is 0 Å². The summed E-state index contributed by atoms with van der Waals surface area (Å²) in [6, 6.07) is 22.4. The highest BCUT2D eigenvalue weighted by Gasteiger charge is 2.27. The molecule has 224 valence electrons. The van der Waals surface area contributed by atoms with Crippen molar-refractivity contribution in [2.45, 2.75) is 70.1 Å². The van der Waals surface area contributed by atoms with Crippen molar-refractivity contribution in [3.8, 4) is 11.5 Å². The lowest BCUT2D eigenvalue weighted by atomic mass is 9.91. The second kappa shape index (κ2) is 14.3. The average molecular weight is 596 g/mol. The smallest absolute Gasteiger partial charge is 0.343 e. The second-order valence-corrected chi connectivity index (χ2v) is 13.0. The molecular formula is C37H41NO4S. The fourth-order valence-corrected chi connectivity index (χ4v) is 7.87. The van der Waals surface area contributed by atoms with Crippen LogP contribution in [0.15, 0.2) is 72.8 Å². The maximum absolute atomic E-state index is 14.1. The molecule has 1 aliphatic carbocycles. The third-order valence-corrected chi connectivity index (χ3v) is 10.1. The number of carbonyl (C=O) groups is 2. The van der Waals surface area contributed by atoms with E-state index in [0.29, 0.717) is 29.4 Å². The Morgan fingerprint density at radius 2 is 1.47 bits per heavy atom. The number of nitrogens with zero attached hydrogens (tertiary/aromatic N) is 1. The molecule has 0 unspecified atom stereocenters. The van der Waals surface area contributed by atoms with Crippen LogP contribution in [0, 0.1) is 0 Å². The van der Waals surface area contributed by atoms with Crippen LogP contribution in [0.25, 0.3) is 10.1 Å². The van der Waals surface area contributed by atoms with Crippen molar-refractivity contribution in [2.75, 3.05) is 26.2 Å². The van der Waals surface area contributed by atoms with Crippen LogP contribution in [-0.4, -0.2) is 42.9 Å². The average Bonchev–Trinajstić information content (AvgIpc) is 3.21. The first-order chi connectivity index (χ1) is 21.2. The number of hydrogen-bond donors (Lipinski definition) is 0. The zero-order chi connectivity index (χ0) is 29.4. The number of rotatable bonds is 10. The van der Waals surface area contributed by atoms with E-state index in [2.05, 4.69) is 4.90 Å². The minimum atomic E-state index is -0.384. The Labute approximate surface area is 258 Å². The molecule has 2 aliphatic rings. The van der Waals surface area contributed by atoms with E-state index in [0.717, 1.165) is 47.2 Å². The normalized spacial score (nSPS) is 16.6. The van der Waals surface area contributed by atoms with Crippen LogP contribution >= 0.6 is 11.3 Å². The van der Waals surface area contributed by atoms with E-state index in [4.69, 9.17) is 9.47 Å². The highest BCUT2D eigenvalue weighted by Crippen LogP contribution is 2.43. The molecule has 6 rings (SSSR count). The van der Waals surface area contributed by atoms with E-state index in [1.54, 1.807) is 23.5 Å². The molecule has 3 aromatic carbocycles. The molecule has 0 spiro atoms. The predicted molar refractivity (Wildman–Crippen MR) is 174 cm³/mol. The van der Waals surface area contributed by atoms with Crippen molar-refractivity contribution >= 4 is 33.2 Å². The number of thiophene rings is 1. The van der Waals surface area contributed by atoms with Gasteiger partial charge in [-0.2, -0.15) is 0 Å². The van der Waals surface area contributed by atoms with E-state index in [-0.39, 0.29) is 11.8 Å². The van der Waals surface area contributed by atoms with Gasteiger partial charge in [-0.1, -0.05) is 50.3 Å². The standard InChI is InChI=1S/C37H41NO4S/c39-35(27-16-18-30(19-17-27)41-25-11-24-38-22-9-4-10-23-38)34-32-21-20-31(42-37(40)29-14-7-3-8-15-29)26-33(32)43-36(34)28-12-5-1-2-6-13-28/h3,7-8,14-21,26,28H,1-2,4-6,9-13,22-25H2. The van der Waals surface area contributed by atoms with Crippen molar-refractivity contribution < 1.29 is 19.1 Å². The molecule has 0 bridgehead atoms. The van der Waals surface area contributed by atoms with Gasteiger partial charge in [-0.15, -0.1) is 11.3 Å². The molecular weight excluding hydrogens is 554 g/mol.